The Hall–Kier alpha value is -2.25. The fourth-order valence-corrected chi connectivity index (χ4v) is 4.45. The largest absolute Gasteiger partial charge is 0.477 e. The van der Waals surface area contributed by atoms with Crippen LogP contribution in [0.5, 0.6) is 0 Å². The first-order valence-corrected chi connectivity index (χ1v) is 11.3. The van der Waals surface area contributed by atoms with Crippen molar-refractivity contribution in [2.45, 2.75) is 64.3 Å². The Kier molecular flexibility index (Phi) is 7.99. The predicted molar refractivity (Wildman–Crippen MR) is 116 cm³/mol. The molecule has 2 heterocycles. The molecule has 1 amide bonds. The summed E-state index contributed by atoms with van der Waals surface area (Å²) in [6.45, 7) is 2.78. The second kappa shape index (κ2) is 10.7. The number of anilines is 1. The lowest BCUT2D eigenvalue weighted by molar-refractivity contribution is -0.117. The number of halogens is 1. The van der Waals surface area contributed by atoms with Crippen molar-refractivity contribution in [3.05, 3.63) is 51.7 Å². The highest BCUT2D eigenvalue weighted by Crippen LogP contribution is 2.30. The van der Waals surface area contributed by atoms with E-state index in [4.69, 9.17) is 9.84 Å². The normalized spacial score (nSPS) is 17.5. The van der Waals surface area contributed by atoms with Crippen LogP contribution in [0.4, 0.5) is 10.1 Å². The van der Waals surface area contributed by atoms with E-state index in [1.807, 2.05) is 12.1 Å². The van der Waals surface area contributed by atoms with Gasteiger partial charge in [-0.25, -0.2) is 9.18 Å². The molecule has 7 heteroatoms. The van der Waals surface area contributed by atoms with E-state index in [1.54, 1.807) is 28.5 Å². The van der Waals surface area contributed by atoms with Gasteiger partial charge in [-0.2, -0.15) is 0 Å². The third-order valence-electron chi connectivity index (χ3n) is 5.36. The second-order valence-electron chi connectivity index (χ2n) is 7.65. The summed E-state index contributed by atoms with van der Waals surface area (Å²) < 4.78 is 20.1. The smallest absolute Gasteiger partial charge is 0.345 e. The Labute approximate surface area is 180 Å². The number of carboxylic acids is 1. The zero-order valence-corrected chi connectivity index (χ0v) is 18.0. The number of nitrogens with zero attached hydrogens (tertiary/aromatic N) is 1. The lowest BCUT2D eigenvalue weighted by Crippen LogP contribution is -2.36. The third kappa shape index (κ3) is 5.67. The summed E-state index contributed by atoms with van der Waals surface area (Å²) in [6, 6.07) is 8.71. The first kappa shape index (κ1) is 22.4. The van der Waals surface area contributed by atoms with Crippen molar-refractivity contribution in [3.8, 4) is 0 Å². The number of ether oxygens (including phenoxy) is 1. The number of carbonyl (C=O) groups excluding carboxylic acids is 1. The van der Waals surface area contributed by atoms with Crippen LogP contribution in [0.25, 0.3) is 0 Å². The molecule has 0 spiro atoms. The lowest BCUT2D eigenvalue weighted by Gasteiger charge is -2.25. The number of hydrogen-bond donors (Lipinski definition) is 1. The van der Waals surface area contributed by atoms with Crippen LogP contribution in [-0.4, -0.2) is 29.6 Å². The van der Waals surface area contributed by atoms with Gasteiger partial charge >= 0.3 is 5.97 Å². The van der Waals surface area contributed by atoms with Crippen LogP contribution in [0, 0.1) is 0 Å². The summed E-state index contributed by atoms with van der Waals surface area (Å²) in [7, 11) is 0. The molecule has 2 atom stereocenters. The van der Waals surface area contributed by atoms with Crippen LogP contribution in [0.2, 0.25) is 0 Å². The number of carbonyl (C=O) groups is 2. The summed E-state index contributed by atoms with van der Waals surface area (Å²) in [5.41, 5.74) is 2.23. The molecule has 30 heavy (non-hydrogen) atoms. The number of benzene rings is 1. The summed E-state index contributed by atoms with van der Waals surface area (Å²) >= 11 is 1.17. The monoisotopic (exact) mass is 433 g/mol. The van der Waals surface area contributed by atoms with Crippen molar-refractivity contribution in [2.75, 3.05) is 11.5 Å². The van der Waals surface area contributed by atoms with Crippen molar-refractivity contribution in [3.63, 3.8) is 0 Å². The lowest BCUT2D eigenvalue weighted by atomic mass is 10.0. The molecule has 0 aliphatic carbocycles. The molecule has 0 bridgehead atoms. The van der Waals surface area contributed by atoms with Gasteiger partial charge in [0.15, 0.2) is 0 Å². The van der Waals surface area contributed by atoms with Gasteiger partial charge in [0.25, 0.3) is 0 Å². The minimum atomic E-state index is -0.972. The molecular formula is C23H28FNO4S. The number of thiophene rings is 1. The van der Waals surface area contributed by atoms with E-state index in [2.05, 4.69) is 6.92 Å². The highest BCUT2D eigenvalue weighted by molar-refractivity contribution is 7.12. The molecule has 1 fully saturated rings. The number of aromatic carboxylic acids is 1. The highest BCUT2D eigenvalue weighted by atomic mass is 32.1. The van der Waals surface area contributed by atoms with Crippen molar-refractivity contribution in [1.29, 1.82) is 0 Å². The van der Waals surface area contributed by atoms with Crippen LogP contribution in [0.1, 0.15) is 72.4 Å². The maximum Gasteiger partial charge on any atom is 0.345 e. The molecule has 1 unspecified atom stereocenters. The maximum atomic E-state index is 14.4. The molecule has 0 saturated carbocycles. The van der Waals surface area contributed by atoms with E-state index in [-0.39, 0.29) is 16.8 Å². The fraction of sp³-hybridized carbons (Fsp3) is 0.478. The summed E-state index contributed by atoms with van der Waals surface area (Å²) in [5.74, 6) is -0.900. The summed E-state index contributed by atoms with van der Waals surface area (Å²) in [6.07, 6.45) is 3.69. The van der Waals surface area contributed by atoms with E-state index < -0.39 is 12.1 Å². The molecule has 1 aliphatic rings. The van der Waals surface area contributed by atoms with Gasteiger partial charge in [-0.3, -0.25) is 4.79 Å². The SMILES string of the molecule is CCCCC[C@@H](F)c1ccc(N2C(=O)CCC2COCc2csc(C(=O)O)c2)cc1. The maximum absolute atomic E-state index is 14.4. The predicted octanol–water partition coefficient (Wildman–Crippen LogP) is 5.75. The average Bonchev–Trinajstić information content (AvgIpc) is 3.35. The van der Waals surface area contributed by atoms with E-state index >= 15 is 0 Å². The van der Waals surface area contributed by atoms with Gasteiger partial charge in [-0.1, -0.05) is 38.3 Å². The highest BCUT2D eigenvalue weighted by Gasteiger charge is 2.32. The minimum absolute atomic E-state index is 0.0415. The van der Waals surface area contributed by atoms with Crippen LogP contribution >= 0.6 is 11.3 Å². The van der Waals surface area contributed by atoms with Crippen LogP contribution in [0.15, 0.2) is 35.7 Å². The molecule has 0 radical (unpaired) electrons. The number of hydrogen-bond acceptors (Lipinski definition) is 4. The number of carboxylic acid groups (broad SMARTS) is 1. The Morgan fingerprint density at radius 1 is 1.33 bits per heavy atom. The van der Waals surface area contributed by atoms with Crippen LogP contribution in [-0.2, 0) is 16.1 Å². The first-order valence-electron chi connectivity index (χ1n) is 10.4. The summed E-state index contributed by atoms with van der Waals surface area (Å²) in [5, 5.41) is 10.8. The van der Waals surface area contributed by atoms with Gasteiger partial charge in [0.2, 0.25) is 5.91 Å². The quantitative estimate of drug-likeness (QED) is 0.458. The van der Waals surface area contributed by atoms with Crippen LogP contribution < -0.4 is 4.90 Å². The number of unbranched alkanes of at least 4 members (excludes halogenated alkanes) is 2. The van der Waals surface area contributed by atoms with Gasteiger partial charge in [0.05, 0.1) is 19.3 Å². The van der Waals surface area contributed by atoms with Crippen molar-refractivity contribution in [1.82, 2.24) is 0 Å². The van der Waals surface area contributed by atoms with E-state index in [9.17, 15) is 14.0 Å². The minimum Gasteiger partial charge on any atom is -0.477 e. The van der Waals surface area contributed by atoms with E-state index in [0.717, 1.165) is 30.5 Å². The molecule has 5 nitrogen and oxygen atoms in total. The summed E-state index contributed by atoms with van der Waals surface area (Å²) in [4.78, 5) is 25.4. The zero-order chi connectivity index (χ0) is 21.5. The van der Waals surface area contributed by atoms with E-state index in [0.29, 0.717) is 38.0 Å². The molecule has 162 valence electrons. The number of amides is 1. The molecular weight excluding hydrogens is 405 g/mol. The standard InChI is InChI=1S/C23H28FNO4S/c1-2-3-4-5-20(24)17-6-8-18(9-7-17)25-19(10-11-22(25)26)14-29-13-16-12-21(23(27)28)30-15-16/h6-9,12,15,19-20H,2-5,10-11,13-14H2,1H3,(H,27,28)/t19?,20-/m1/s1. The van der Waals surface area contributed by atoms with Gasteiger partial charge in [-0.05, 0) is 47.5 Å². The van der Waals surface area contributed by atoms with Gasteiger partial charge in [0, 0.05) is 12.1 Å². The zero-order valence-electron chi connectivity index (χ0n) is 17.2. The van der Waals surface area contributed by atoms with E-state index in [1.165, 1.54) is 11.3 Å². The molecule has 1 aromatic carbocycles. The number of alkyl halides is 1. The molecule has 1 aromatic heterocycles. The van der Waals surface area contributed by atoms with Gasteiger partial charge < -0.3 is 14.7 Å². The molecule has 3 rings (SSSR count). The third-order valence-corrected chi connectivity index (χ3v) is 6.33. The Balaban J connectivity index is 1.56. The van der Waals surface area contributed by atoms with Crippen molar-refractivity contribution >= 4 is 28.9 Å². The van der Waals surface area contributed by atoms with Crippen LogP contribution in [0.3, 0.4) is 0 Å². The molecule has 1 saturated heterocycles. The van der Waals surface area contributed by atoms with Crippen molar-refractivity contribution < 1.29 is 23.8 Å². The molecule has 2 aromatic rings. The fourth-order valence-electron chi connectivity index (χ4n) is 3.72. The Morgan fingerprint density at radius 3 is 2.77 bits per heavy atom. The first-order chi connectivity index (χ1) is 14.5. The number of rotatable bonds is 11. The van der Waals surface area contributed by atoms with Crippen molar-refractivity contribution in [2.24, 2.45) is 0 Å². The molecule has 1 N–H and O–H groups in total. The van der Waals surface area contributed by atoms with Gasteiger partial charge in [-0.15, -0.1) is 11.3 Å². The van der Waals surface area contributed by atoms with Gasteiger partial charge in [0.1, 0.15) is 11.0 Å². The molecule has 1 aliphatic heterocycles. The average molecular weight is 434 g/mol. The second-order valence-corrected chi connectivity index (χ2v) is 8.56. The Bertz CT molecular complexity index is 851. The topological polar surface area (TPSA) is 66.8 Å². The Morgan fingerprint density at radius 2 is 2.10 bits per heavy atom.